The second kappa shape index (κ2) is 40.4. The standard InChI is InChI=1S/C46H82NO12P/c1-3-5-7-9-11-12-13-14-15-16-17-18-19-20-21-23-29-35-45(51)59-42(38-57-60(54,55)58-39-43(47)46(52)53)37-56-44(50)36-30-34-41(49)33-28-25-24-27-32-40(48)31-26-22-10-8-6-4-2/h22,24-28,32-33,40-43,48-49H,3-21,23,29-31,34-39,47H2,1-2H3,(H,52,53)(H,54,55)/b25-24+,26-22-,32-27+,33-28-/t40-,41-,42-,43+/m1/s1. The van der Waals surface area contributed by atoms with Crippen molar-refractivity contribution in [1.29, 1.82) is 0 Å². The lowest BCUT2D eigenvalue weighted by molar-refractivity contribution is -0.161. The van der Waals surface area contributed by atoms with E-state index < -0.39 is 69.9 Å². The summed E-state index contributed by atoms with van der Waals surface area (Å²) < 4.78 is 32.6. The number of allylic oxidation sites excluding steroid dienone is 5. The number of carboxylic acids is 1. The maximum absolute atomic E-state index is 12.7. The van der Waals surface area contributed by atoms with Crippen molar-refractivity contribution in [2.75, 3.05) is 19.8 Å². The minimum absolute atomic E-state index is 0.0378. The number of carbonyl (C=O) groups is 3. The van der Waals surface area contributed by atoms with Crippen LogP contribution >= 0.6 is 7.82 Å². The predicted molar refractivity (Wildman–Crippen MR) is 238 cm³/mol. The molecule has 0 aliphatic carbocycles. The van der Waals surface area contributed by atoms with Crippen molar-refractivity contribution in [3.8, 4) is 0 Å². The van der Waals surface area contributed by atoms with Crippen LogP contribution < -0.4 is 5.73 Å². The van der Waals surface area contributed by atoms with Gasteiger partial charge in [0.05, 0.1) is 25.4 Å². The van der Waals surface area contributed by atoms with Crippen molar-refractivity contribution in [1.82, 2.24) is 0 Å². The fourth-order valence-electron chi connectivity index (χ4n) is 6.08. The van der Waals surface area contributed by atoms with Gasteiger partial charge in [-0.3, -0.25) is 23.4 Å². The lowest BCUT2D eigenvalue weighted by atomic mass is 10.0. The zero-order valence-electron chi connectivity index (χ0n) is 37.0. The van der Waals surface area contributed by atoms with E-state index in [1.54, 1.807) is 36.5 Å². The van der Waals surface area contributed by atoms with Gasteiger partial charge in [-0.1, -0.05) is 178 Å². The molecule has 0 aromatic rings. The highest BCUT2D eigenvalue weighted by Gasteiger charge is 2.28. The molecule has 0 rings (SSSR count). The van der Waals surface area contributed by atoms with Gasteiger partial charge in [0.1, 0.15) is 12.6 Å². The molecule has 60 heavy (non-hydrogen) atoms. The molecule has 5 atom stereocenters. The second-order valence-electron chi connectivity index (χ2n) is 15.6. The highest BCUT2D eigenvalue weighted by Crippen LogP contribution is 2.43. The van der Waals surface area contributed by atoms with E-state index >= 15 is 0 Å². The summed E-state index contributed by atoms with van der Waals surface area (Å²) in [6, 6.07) is -1.56. The van der Waals surface area contributed by atoms with E-state index in [2.05, 4.69) is 24.4 Å². The van der Waals surface area contributed by atoms with Crippen molar-refractivity contribution in [2.45, 2.75) is 205 Å². The van der Waals surface area contributed by atoms with Crippen LogP contribution in [0.5, 0.6) is 0 Å². The molecule has 0 saturated carbocycles. The monoisotopic (exact) mass is 872 g/mol. The molecule has 0 aliphatic heterocycles. The van der Waals surface area contributed by atoms with E-state index in [4.69, 9.17) is 24.8 Å². The van der Waals surface area contributed by atoms with E-state index in [0.717, 1.165) is 32.1 Å². The number of phosphoric acid groups is 1. The van der Waals surface area contributed by atoms with Gasteiger partial charge in [0.15, 0.2) is 6.10 Å². The highest BCUT2D eigenvalue weighted by atomic mass is 31.2. The number of carboxylic acid groups (broad SMARTS) is 1. The van der Waals surface area contributed by atoms with Gasteiger partial charge in [0.2, 0.25) is 0 Å². The van der Waals surface area contributed by atoms with E-state index in [-0.39, 0.29) is 19.3 Å². The maximum Gasteiger partial charge on any atom is 0.472 e. The van der Waals surface area contributed by atoms with Gasteiger partial charge in [-0.15, -0.1) is 0 Å². The summed E-state index contributed by atoms with van der Waals surface area (Å²) in [5.74, 6) is -2.64. The number of phosphoric ester groups is 1. The molecule has 348 valence electrons. The van der Waals surface area contributed by atoms with Crippen LogP contribution in [0, 0.1) is 0 Å². The topological polar surface area (TPSA) is 212 Å². The molecule has 0 heterocycles. The molecular formula is C46H82NO12P. The first-order chi connectivity index (χ1) is 28.9. The van der Waals surface area contributed by atoms with Crippen LogP contribution in [-0.2, 0) is 37.5 Å². The number of aliphatic hydroxyl groups is 2. The third kappa shape index (κ3) is 39.5. The van der Waals surface area contributed by atoms with E-state index in [9.17, 15) is 34.1 Å². The molecule has 0 spiro atoms. The zero-order chi connectivity index (χ0) is 44.5. The van der Waals surface area contributed by atoms with Crippen LogP contribution in [-0.4, -0.2) is 82.3 Å². The number of nitrogens with two attached hydrogens (primary N) is 1. The number of hydrogen-bond acceptors (Lipinski definition) is 11. The average molecular weight is 872 g/mol. The third-order valence-corrected chi connectivity index (χ3v) is 10.7. The maximum atomic E-state index is 12.7. The molecule has 0 bridgehead atoms. The Morgan fingerprint density at radius 3 is 1.63 bits per heavy atom. The van der Waals surface area contributed by atoms with Gasteiger partial charge in [0, 0.05) is 12.8 Å². The molecule has 0 aliphatic rings. The molecule has 0 aromatic carbocycles. The number of unbranched alkanes of at least 4 members (excludes halogenated alkanes) is 19. The Kier molecular flexibility index (Phi) is 38.7. The Morgan fingerprint density at radius 1 is 0.600 bits per heavy atom. The van der Waals surface area contributed by atoms with E-state index in [1.165, 1.54) is 96.3 Å². The Bertz CT molecular complexity index is 1240. The normalized spacial score (nSPS) is 15.2. The fraction of sp³-hybridized carbons (Fsp3) is 0.761. The minimum atomic E-state index is -4.78. The van der Waals surface area contributed by atoms with Crippen LogP contribution in [0.15, 0.2) is 48.6 Å². The number of aliphatic hydroxyl groups excluding tert-OH is 2. The van der Waals surface area contributed by atoms with Crippen molar-refractivity contribution in [3.63, 3.8) is 0 Å². The summed E-state index contributed by atoms with van der Waals surface area (Å²) in [6.07, 6.45) is 38.0. The number of esters is 2. The van der Waals surface area contributed by atoms with Crippen LogP contribution in [0.25, 0.3) is 0 Å². The van der Waals surface area contributed by atoms with Crippen molar-refractivity contribution < 1.29 is 57.7 Å². The van der Waals surface area contributed by atoms with Crippen molar-refractivity contribution >= 4 is 25.7 Å². The summed E-state index contributed by atoms with van der Waals surface area (Å²) in [6.45, 7) is 2.51. The smallest absolute Gasteiger partial charge is 0.472 e. The fourth-order valence-corrected chi connectivity index (χ4v) is 6.86. The number of hydrogen-bond donors (Lipinski definition) is 5. The Labute approximate surface area is 361 Å². The molecule has 0 amide bonds. The molecule has 14 heteroatoms. The molecule has 1 unspecified atom stereocenters. The number of rotatable bonds is 42. The van der Waals surface area contributed by atoms with Crippen LogP contribution in [0.4, 0.5) is 0 Å². The molecule has 0 radical (unpaired) electrons. The van der Waals surface area contributed by atoms with Gasteiger partial charge in [-0.2, -0.15) is 0 Å². The van der Waals surface area contributed by atoms with Gasteiger partial charge < -0.3 is 35.4 Å². The second-order valence-corrected chi connectivity index (χ2v) is 17.0. The predicted octanol–water partition coefficient (Wildman–Crippen LogP) is 10.1. The molecular weight excluding hydrogens is 789 g/mol. The van der Waals surface area contributed by atoms with Gasteiger partial charge >= 0.3 is 25.7 Å². The van der Waals surface area contributed by atoms with Gasteiger partial charge in [0.25, 0.3) is 0 Å². The summed E-state index contributed by atoms with van der Waals surface area (Å²) in [5, 5.41) is 29.2. The highest BCUT2D eigenvalue weighted by molar-refractivity contribution is 7.47. The summed E-state index contributed by atoms with van der Waals surface area (Å²) in [4.78, 5) is 46.0. The Morgan fingerprint density at radius 2 is 1.08 bits per heavy atom. The van der Waals surface area contributed by atoms with Gasteiger partial charge in [-0.25, -0.2) is 4.57 Å². The largest absolute Gasteiger partial charge is 0.480 e. The Hall–Kier alpha value is -2.64. The lowest BCUT2D eigenvalue weighted by Crippen LogP contribution is -2.34. The first kappa shape index (κ1) is 57.4. The minimum Gasteiger partial charge on any atom is -0.480 e. The summed E-state index contributed by atoms with van der Waals surface area (Å²) in [5.41, 5.74) is 5.32. The van der Waals surface area contributed by atoms with E-state index in [0.29, 0.717) is 19.3 Å². The number of aliphatic carboxylic acids is 1. The summed E-state index contributed by atoms with van der Waals surface area (Å²) >= 11 is 0. The molecule has 6 N–H and O–H groups in total. The van der Waals surface area contributed by atoms with Gasteiger partial charge in [-0.05, 0) is 38.5 Å². The lowest BCUT2D eigenvalue weighted by Gasteiger charge is -2.20. The average Bonchev–Trinajstić information content (AvgIpc) is 3.21. The molecule has 0 fully saturated rings. The summed E-state index contributed by atoms with van der Waals surface area (Å²) in [7, 11) is -4.78. The van der Waals surface area contributed by atoms with Crippen molar-refractivity contribution in [3.05, 3.63) is 48.6 Å². The molecule has 0 saturated heterocycles. The van der Waals surface area contributed by atoms with Crippen molar-refractivity contribution in [2.24, 2.45) is 5.73 Å². The number of ether oxygens (including phenoxy) is 2. The van der Waals surface area contributed by atoms with E-state index in [1.807, 2.05) is 6.08 Å². The first-order valence-electron chi connectivity index (χ1n) is 22.9. The Balaban J connectivity index is 4.56. The SMILES string of the molecule is CCCCC/C=C\C[C@@H](O)/C=C/C=C/C=C\[C@@H](O)CCCC(=O)OC[C@H](COP(=O)(O)OC[C@H](N)C(=O)O)OC(=O)CCCCCCCCCCCCCCCCCCC. The third-order valence-electron chi connectivity index (χ3n) is 9.77. The molecule has 13 nitrogen and oxygen atoms in total. The quantitative estimate of drug-likeness (QED) is 0.0127. The first-order valence-corrected chi connectivity index (χ1v) is 24.4. The van der Waals surface area contributed by atoms with Crippen LogP contribution in [0.1, 0.15) is 181 Å². The number of carbonyl (C=O) groups excluding carboxylic acids is 2. The molecule has 0 aromatic heterocycles. The van der Waals surface area contributed by atoms with Crippen LogP contribution in [0.2, 0.25) is 0 Å². The zero-order valence-corrected chi connectivity index (χ0v) is 37.9. The van der Waals surface area contributed by atoms with Crippen LogP contribution in [0.3, 0.4) is 0 Å².